The van der Waals surface area contributed by atoms with E-state index in [-0.39, 0.29) is 0 Å². The number of hydrogen-bond acceptors (Lipinski definition) is 1. The molecule has 2 aromatic rings. The van der Waals surface area contributed by atoms with Gasteiger partial charge in [-0.25, -0.2) is 0 Å². The van der Waals surface area contributed by atoms with Crippen LogP contribution < -0.4 is 0 Å². The fraction of sp³-hybridized carbons (Fsp3) is 0.429. The second kappa shape index (κ2) is 26.3. The Labute approximate surface area is 189 Å². The molecule has 166 valence electrons. The maximum atomic E-state index is 4.31. The molecule has 0 fully saturated rings. The summed E-state index contributed by atoms with van der Waals surface area (Å²) in [5.41, 5.74) is 6.39. The Balaban J connectivity index is -0.000000151. The zero-order chi connectivity index (χ0) is 23.8. The van der Waals surface area contributed by atoms with Crippen molar-refractivity contribution >= 4 is 18.7 Å². The third-order valence-electron chi connectivity index (χ3n) is 3.63. The van der Waals surface area contributed by atoms with Crippen LogP contribution in [0.5, 0.6) is 0 Å². The van der Waals surface area contributed by atoms with Gasteiger partial charge < -0.3 is 0 Å². The summed E-state index contributed by atoms with van der Waals surface area (Å²) >= 11 is 4.31. The van der Waals surface area contributed by atoms with Crippen LogP contribution in [0.1, 0.15) is 82.2 Å². The fourth-order valence-corrected chi connectivity index (χ4v) is 1.91. The Kier molecular flexibility index (Phi) is 31.5. The van der Waals surface area contributed by atoms with Crippen molar-refractivity contribution in [3.05, 3.63) is 84.0 Å². The summed E-state index contributed by atoms with van der Waals surface area (Å²) in [5.74, 6) is 0. The van der Waals surface area contributed by atoms with Gasteiger partial charge >= 0.3 is 0 Å². The molecule has 0 aliphatic rings. The SMILES string of the molecule is C=C.C=Cc1ccc(C)cc1.CC.CC.CCCC.Cc1cc(C)c(S)cc1C. The predicted octanol–water partition coefficient (Wildman–Crippen LogP) is 10.2. The van der Waals surface area contributed by atoms with Gasteiger partial charge in [-0.05, 0) is 56.0 Å². The van der Waals surface area contributed by atoms with Crippen molar-refractivity contribution in [1.82, 2.24) is 0 Å². The molecule has 2 aromatic carbocycles. The highest BCUT2D eigenvalue weighted by atomic mass is 32.1. The third kappa shape index (κ3) is 20.8. The molecule has 0 saturated heterocycles. The molecule has 0 aliphatic carbocycles. The van der Waals surface area contributed by atoms with Gasteiger partial charge in [0.2, 0.25) is 0 Å². The maximum Gasteiger partial charge on any atom is 0.00720 e. The van der Waals surface area contributed by atoms with Gasteiger partial charge in [0.05, 0.1) is 0 Å². The van der Waals surface area contributed by atoms with Crippen molar-refractivity contribution in [3.8, 4) is 0 Å². The van der Waals surface area contributed by atoms with E-state index in [9.17, 15) is 0 Å². The smallest absolute Gasteiger partial charge is 0.00720 e. The summed E-state index contributed by atoms with van der Waals surface area (Å²) < 4.78 is 0. The first-order chi connectivity index (χ1) is 13.8. The quantitative estimate of drug-likeness (QED) is 0.365. The standard InChI is InChI=1S/C9H12S.C9H10.C4H10.2C2H6.C2H4/c1-6-4-8(3)9(10)5-7(6)2;1-3-9-6-4-8(2)5-7-9;1-3-4-2;3*1-2/h4-5,10H,1-3H3;3-7H,1H2,2H3;3-4H2,1-2H3;2*1-2H3;1-2H2. The third-order valence-corrected chi connectivity index (χ3v) is 4.11. The van der Waals surface area contributed by atoms with Crippen LogP contribution in [0, 0.1) is 27.7 Å². The van der Waals surface area contributed by atoms with Crippen molar-refractivity contribution in [2.45, 2.75) is 87.0 Å². The van der Waals surface area contributed by atoms with Crippen molar-refractivity contribution < 1.29 is 0 Å². The Morgan fingerprint density at radius 2 is 1.10 bits per heavy atom. The summed E-state index contributed by atoms with van der Waals surface area (Å²) in [6, 6.07) is 12.5. The number of benzene rings is 2. The van der Waals surface area contributed by atoms with Gasteiger partial charge in [0.15, 0.2) is 0 Å². The Morgan fingerprint density at radius 3 is 1.41 bits per heavy atom. The molecule has 0 atom stereocenters. The summed E-state index contributed by atoms with van der Waals surface area (Å²) in [6.07, 6.45) is 4.49. The summed E-state index contributed by atoms with van der Waals surface area (Å²) in [4.78, 5) is 1.09. The van der Waals surface area contributed by atoms with E-state index < -0.39 is 0 Å². The lowest BCUT2D eigenvalue weighted by molar-refractivity contribution is 0.886. The monoisotopic (exact) mass is 416 g/mol. The summed E-state index contributed by atoms with van der Waals surface area (Å²) in [6.45, 7) is 30.4. The molecule has 0 amide bonds. The molecule has 0 N–H and O–H groups in total. The van der Waals surface area contributed by atoms with Gasteiger partial charge in [0, 0.05) is 4.90 Å². The van der Waals surface area contributed by atoms with E-state index in [1.807, 2.05) is 33.8 Å². The number of unbranched alkanes of at least 4 members (excludes halogenated alkanes) is 1. The molecule has 0 nitrogen and oxygen atoms in total. The van der Waals surface area contributed by atoms with Crippen LogP contribution in [-0.4, -0.2) is 0 Å². The van der Waals surface area contributed by atoms with E-state index in [1.165, 1.54) is 40.7 Å². The molecule has 0 unspecified atom stereocenters. The van der Waals surface area contributed by atoms with Crippen LogP contribution >= 0.6 is 12.6 Å². The zero-order valence-corrected chi connectivity index (χ0v) is 21.9. The number of rotatable bonds is 2. The lowest BCUT2D eigenvalue weighted by atomic mass is 10.1. The number of thiol groups is 1. The van der Waals surface area contributed by atoms with Crippen molar-refractivity contribution in [2.75, 3.05) is 0 Å². The normalized spacial score (nSPS) is 7.83. The molecule has 0 spiro atoms. The zero-order valence-electron chi connectivity index (χ0n) is 21.0. The number of aryl methyl sites for hydroxylation is 4. The Hall–Kier alpha value is -1.73. The first-order valence-electron chi connectivity index (χ1n) is 10.8. The van der Waals surface area contributed by atoms with Crippen LogP contribution in [0.25, 0.3) is 6.08 Å². The molecule has 0 aliphatic heterocycles. The minimum Gasteiger partial charge on any atom is -0.143 e. The maximum absolute atomic E-state index is 4.31. The summed E-state index contributed by atoms with van der Waals surface area (Å²) in [7, 11) is 0. The molecule has 0 bridgehead atoms. The molecular weight excluding hydrogens is 368 g/mol. The minimum absolute atomic E-state index is 1.09. The molecule has 1 heteroatoms. The topological polar surface area (TPSA) is 0 Å². The van der Waals surface area contributed by atoms with E-state index in [0.29, 0.717) is 0 Å². The van der Waals surface area contributed by atoms with E-state index in [2.05, 4.69) is 110 Å². The molecule has 0 aromatic heterocycles. The van der Waals surface area contributed by atoms with Gasteiger partial charge in [-0.3, -0.25) is 0 Å². The average Bonchev–Trinajstić information content (AvgIpc) is 2.78. The van der Waals surface area contributed by atoms with Gasteiger partial charge in [0.1, 0.15) is 0 Å². The van der Waals surface area contributed by atoms with Crippen LogP contribution in [0.3, 0.4) is 0 Å². The molecule has 0 saturated carbocycles. The van der Waals surface area contributed by atoms with Crippen LogP contribution in [0.4, 0.5) is 0 Å². The minimum atomic E-state index is 1.09. The van der Waals surface area contributed by atoms with E-state index in [0.717, 1.165) is 4.90 Å². The highest BCUT2D eigenvalue weighted by molar-refractivity contribution is 7.80. The highest BCUT2D eigenvalue weighted by Gasteiger charge is 1.96. The molecule has 0 heterocycles. The molecular formula is C28H48S. The van der Waals surface area contributed by atoms with Crippen LogP contribution in [0.15, 0.2) is 61.0 Å². The van der Waals surface area contributed by atoms with E-state index >= 15 is 0 Å². The van der Waals surface area contributed by atoms with Gasteiger partial charge in [-0.1, -0.05) is 103 Å². The summed E-state index contributed by atoms with van der Waals surface area (Å²) in [5, 5.41) is 0. The van der Waals surface area contributed by atoms with Gasteiger partial charge in [-0.2, -0.15) is 0 Å². The lowest BCUT2D eigenvalue weighted by Gasteiger charge is -2.03. The fourth-order valence-electron chi connectivity index (χ4n) is 1.65. The first kappa shape index (κ1) is 34.8. The van der Waals surface area contributed by atoms with E-state index in [1.54, 1.807) is 0 Å². The Bertz CT molecular complexity index is 542. The van der Waals surface area contributed by atoms with Crippen molar-refractivity contribution in [1.29, 1.82) is 0 Å². The molecule has 2 rings (SSSR count). The predicted molar refractivity (Wildman–Crippen MR) is 144 cm³/mol. The van der Waals surface area contributed by atoms with Gasteiger partial charge in [-0.15, -0.1) is 25.8 Å². The van der Waals surface area contributed by atoms with Crippen LogP contribution in [-0.2, 0) is 0 Å². The lowest BCUT2D eigenvalue weighted by Crippen LogP contribution is -1.83. The molecule has 29 heavy (non-hydrogen) atoms. The van der Waals surface area contributed by atoms with Crippen LogP contribution in [0.2, 0.25) is 0 Å². The molecule has 0 radical (unpaired) electrons. The van der Waals surface area contributed by atoms with Crippen molar-refractivity contribution in [2.24, 2.45) is 0 Å². The highest BCUT2D eigenvalue weighted by Crippen LogP contribution is 2.17. The first-order valence-corrected chi connectivity index (χ1v) is 11.3. The average molecular weight is 417 g/mol. The Morgan fingerprint density at radius 1 is 0.724 bits per heavy atom. The van der Waals surface area contributed by atoms with Crippen molar-refractivity contribution in [3.63, 3.8) is 0 Å². The van der Waals surface area contributed by atoms with Gasteiger partial charge in [0.25, 0.3) is 0 Å². The second-order valence-electron chi connectivity index (χ2n) is 5.84. The van der Waals surface area contributed by atoms with E-state index in [4.69, 9.17) is 0 Å². The second-order valence-corrected chi connectivity index (χ2v) is 6.32. The number of hydrogen-bond donors (Lipinski definition) is 1. The largest absolute Gasteiger partial charge is 0.143 e.